The predicted molar refractivity (Wildman–Crippen MR) is 141 cm³/mol. The number of benzene rings is 1. The molecular formula is C29H35N3O4. The summed E-state index contributed by atoms with van der Waals surface area (Å²) < 4.78 is 12.1. The lowest BCUT2D eigenvalue weighted by molar-refractivity contribution is -0.124. The molecule has 0 saturated heterocycles. The molecular weight excluding hydrogens is 454 g/mol. The van der Waals surface area contributed by atoms with Gasteiger partial charge in [-0.2, -0.15) is 0 Å². The summed E-state index contributed by atoms with van der Waals surface area (Å²) in [7, 11) is 0. The van der Waals surface area contributed by atoms with Crippen LogP contribution in [0.25, 0.3) is 17.8 Å². The van der Waals surface area contributed by atoms with Gasteiger partial charge < -0.3 is 9.15 Å². The summed E-state index contributed by atoms with van der Waals surface area (Å²) in [5, 5.41) is 4.74. The van der Waals surface area contributed by atoms with Gasteiger partial charge in [-0.3, -0.25) is 9.69 Å². The normalized spacial score (nSPS) is 18.0. The Labute approximate surface area is 212 Å². The molecule has 0 radical (unpaired) electrons. The lowest BCUT2D eigenvalue weighted by Gasteiger charge is -2.32. The first-order valence-electron chi connectivity index (χ1n) is 12.8. The van der Waals surface area contributed by atoms with Crippen LogP contribution >= 0.6 is 0 Å². The summed E-state index contributed by atoms with van der Waals surface area (Å²) in [6.45, 7) is 8.17. The number of amides is 1. The van der Waals surface area contributed by atoms with Gasteiger partial charge in [0, 0.05) is 23.7 Å². The quantitative estimate of drug-likeness (QED) is 0.343. The second-order valence-electron chi connectivity index (χ2n) is 9.77. The number of ether oxygens (including phenoxy) is 1. The van der Waals surface area contributed by atoms with Crippen LogP contribution in [-0.4, -0.2) is 34.3 Å². The highest BCUT2D eigenvalue weighted by Crippen LogP contribution is 2.33. The molecule has 1 fully saturated rings. The van der Waals surface area contributed by atoms with Crippen LogP contribution in [0, 0.1) is 11.8 Å². The van der Waals surface area contributed by atoms with E-state index in [1.165, 1.54) is 0 Å². The maximum Gasteiger partial charge on any atom is 0.343 e. The molecule has 1 aliphatic rings. The third-order valence-electron chi connectivity index (χ3n) is 6.71. The third-order valence-corrected chi connectivity index (χ3v) is 6.71. The Hall–Kier alpha value is -3.61. The molecule has 0 aliphatic heterocycles. The number of nitrogens with zero attached hydrogens (tertiary/aromatic N) is 3. The minimum atomic E-state index is -0.478. The second-order valence-corrected chi connectivity index (χ2v) is 9.77. The van der Waals surface area contributed by atoms with Gasteiger partial charge in [0.05, 0.1) is 24.8 Å². The van der Waals surface area contributed by atoms with Crippen molar-refractivity contribution in [2.45, 2.75) is 59.4 Å². The number of hydrogen-bond acceptors (Lipinski definition) is 5. The average Bonchev–Trinajstić information content (AvgIpc) is 3.54. The van der Waals surface area contributed by atoms with Crippen LogP contribution in [0.4, 0.5) is 5.82 Å². The average molecular weight is 490 g/mol. The number of hydrogen-bond donors (Lipinski definition) is 0. The molecule has 4 rings (SSSR count). The van der Waals surface area contributed by atoms with E-state index in [1.54, 1.807) is 35.2 Å². The Morgan fingerprint density at radius 2 is 1.81 bits per heavy atom. The molecule has 0 N–H and O–H groups in total. The molecule has 1 amide bonds. The molecule has 1 aliphatic carbocycles. The molecule has 0 spiro atoms. The summed E-state index contributed by atoms with van der Waals surface area (Å²) >= 11 is 0. The van der Waals surface area contributed by atoms with Gasteiger partial charge in [-0.15, -0.1) is 5.10 Å². The summed E-state index contributed by atoms with van der Waals surface area (Å²) in [6.07, 6.45) is 12.8. The van der Waals surface area contributed by atoms with Crippen LogP contribution in [0.5, 0.6) is 0 Å². The van der Waals surface area contributed by atoms with Crippen LogP contribution < -0.4 is 4.90 Å². The Morgan fingerprint density at radius 1 is 1.11 bits per heavy atom. The zero-order valence-electron chi connectivity index (χ0n) is 21.5. The monoisotopic (exact) mass is 489 g/mol. The van der Waals surface area contributed by atoms with Gasteiger partial charge in [0.25, 0.3) is 0 Å². The SMILES string of the molecule is CCOC(=O)c1cn(-c2ccc(/C=C/c3ccoc3)cc2)nc1N(C(=O)[C@H]1CC[C@H](C)CC1)C(C)C. The minimum absolute atomic E-state index is 0.0347. The zero-order chi connectivity index (χ0) is 25.7. The Kier molecular flexibility index (Phi) is 8.08. The third kappa shape index (κ3) is 5.78. The van der Waals surface area contributed by atoms with Crippen molar-refractivity contribution in [3.63, 3.8) is 0 Å². The highest BCUT2D eigenvalue weighted by atomic mass is 16.5. The van der Waals surface area contributed by atoms with Crippen molar-refractivity contribution in [2.24, 2.45) is 11.8 Å². The summed E-state index contributed by atoms with van der Waals surface area (Å²) in [5.41, 5.74) is 3.09. The van der Waals surface area contributed by atoms with E-state index in [-0.39, 0.29) is 24.5 Å². The standard InChI is InChI=1S/C29H35N3O4/c1-5-36-29(34)26-18-31(25-14-10-22(11-15-25)8-9-23-16-17-35-19-23)30-27(26)32(20(2)3)28(33)24-12-6-21(4)7-13-24/h8-11,14-21,24H,5-7,12-13H2,1-4H3/b9-8+/t21-,24-. The van der Waals surface area contributed by atoms with Gasteiger partial charge in [-0.25, -0.2) is 9.48 Å². The fourth-order valence-corrected chi connectivity index (χ4v) is 4.64. The van der Waals surface area contributed by atoms with E-state index in [0.717, 1.165) is 42.5 Å². The van der Waals surface area contributed by atoms with Crippen LogP contribution in [0.15, 0.2) is 53.5 Å². The van der Waals surface area contributed by atoms with Gasteiger partial charge in [0.15, 0.2) is 5.82 Å². The lowest BCUT2D eigenvalue weighted by atomic mass is 9.82. The van der Waals surface area contributed by atoms with E-state index in [9.17, 15) is 9.59 Å². The van der Waals surface area contributed by atoms with E-state index >= 15 is 0 Å². The smallest absolute Gasteiger partial charge is 0.343 e. The van der Waals surface area contributed by atoms with Crippen LogP contribution in [0.1, 0.15) is 74.9 Å². The zero-order valence-corrected chi connectivity index (χ0v) is 21.5. The van der Waals surface area contributed by atoms with E-state index < -0.39 is 5.97 Å². The molecule has 0 unspecified atom stereocenters. The number of carbonyl (C=O) groups excluding carboxylic acids is 2. The van der Waals surface area contributed by atoms with Crippen LogP contribution in [0.2, 0.25) is 0 Å². The highest BCUT2D eigenvalue weighted by Gasteiger charge is 2.34. The number of furan rings is 1. The summed E-state index contributed by atoms with van der Waals surface area (Å²) in [5.74, 6) is 0.510. The summed E-state index contributed by atoms with van der Waals surface area (Å²) in [4.78, 5) is 28.2. The fraction of sp³-hybridized carbons (Fsp3) is 0.414. The molecule has 0 atom stereocenters. The molecule has 36 heavy (non-hydrogen) atoms. The van der Waals surface area contributed by atoms with Crippen LogP contribution in [0.3, 0.4) is 0 Å². The van der Waals surface area contributed by atoms with E-state index in [2.05, 4.69) is 6.92 Å². The topological polar surface area (TPSA) is 77.6 Å². The number of aromatic nitrogens is 2. The Morgan fingerprint density at radius 3 is 2.42 bits per heavy atom. The van der Waals surface area contributed by atoms with Crippen molar-refractivity contribution >= 4 is 29.8 Å². The van der Waals surface area contributed by atoms with E-state index in [1.807, 2.05) is 56.3 Å². The summed E-state index contributed by atoms with van der Waals surface area (Å²) in [6, 6.07) is 9.57. The molecule has 1 aromatic carbocycles. The first-order chi connectivity index (χ1) is 17.4. The van der Waals surface area contributed by atoms with E-state index in [0.29, 0.717) is 17.3 Å². The van der Waals surface area contributed by atoms with Crippen molar-refractivity contribution in [2.75, 3.05) is 11.5 Å². The van der Waals surface area contributed by atoms with Gasteiger partial charge in [0.1, 0.15) is 5.56 Å². The number of anilines is 1. The van der Waals surface area contributed by atoms with Gasteiger partial charge in [-0.05, 0) is 76.1 Å². The Bertz CT molecular complexity index is 1180. The van der Waals surface area contributed by atoms with Crippen molar-refractivity contribution in [3.05, 3.63) is 65.7 Å². The fourth-order valence-electron chi connectivity index (χ4n) is 4.64. The number of esters is 1. The number of rotatable bonds is 8. The molecule has 2 heterocycles. The molecule has 1 saturated carbocycles. The molecule has 0 bridgehead atoms. The molecule has 190 valence electrons. The van der Waals surface area contributed by atoms with Gasteiger partial charge in [-0.1, -0.05) is 31.2 Å². The Balaban J connectivity index is 1.65. The second kappa shape index (κ2) is 11.4. The molecule has 3 aromatic rings. The predicted octanol–water partition coefficient (Wildman–Crippen LogP) is 6.38. The first-order valence-corrected chi connectivity index (χ1v) is 12.8. The largest absolute Gasteiger partial charge is 0.472 e. The highest BCUT2D eigenvalue weighted by molar-refractivity contribution is 6.02. The van der Waals surface area contributed by atoms with Gasteiger partial charge in [0.2, 0.25) is 5.91 Å². The van der Waals surface area contributed by atoms with E-state index in [4.69, 9.17) is 14.3 Å². The van der Waals surface area contributed by atoms with Gasteiger partial charge >= 0.3 is 5.97 Å². The molecule has 2 aromatic heterocycles. The minimum Gasteiger partial charge on any atom is -0.472 e. The first kappa shape index (κ1) is 25.5. The lowest BCUT2D eigenvalue weighted by Crippen LogP contribution is -2.43. The maximum atomic E-state index is 13.6. The molecule has 7 heteroatoms. The van der Waals surface area contributed by atoms with Crippen molar-refractivity contribution in [1.29, 1.82) is 0 Å². The van der Waals surface area contributed by atoms with Crippen molar-refractivity contribution in [1.82, 2.24) is 9.78 Å². The van der Waals surface area contributed by atoms with Crippen molar-refractivity contribution in [3.8, 4) is 5.69 Å². The maximum absolute atomic E-state index is 13.6. The number of carbonyl (C=O) groups is 2. The van der Waals surface area contributed by atoms with Crippen molar-refractivity contribution < 1.29 is 18.7 Å². The van der Waals surface area contributed by atoms with Crippen LogP contribution in [-0.2, 0) is 9.53 Å². The molecule has 7 nitrogen and oxygen atoms in total.